The smallest absolute Gasteiger partial charge is 0.240 e. The molecule has 0 aliphatic rings. The van der Waals surface area contributed by atoms with Crippen LogP contribution in [0, 0.1) is 12.3 Å². The Morgan fingerprint density at radius 1 is 1.33 bits per heavy atom. The molecular formula is C19H16ClN3O. The van der Waals surface area contributed by atoms with Crippen LogP contribution in [0.4, 0.5) is 0 Å². The molecule has 1 heterocycles. The maximum atomic E-state index is 12.3. The van der Waals surface area contributed by atoms with Gasteiger partial charge >= 0.3 is 0 Å². The number of amides is 1. The molecule has 0 aliphatic heterocycles. The molecule has 3 aromatic rings. The van der Waals surface area contributed by atoms with Crippen molar-refractivity contribution in [1.29, 1.82) is 0 Å². The quantitative estimate of drug-likeness (QED) is 0.740. The zero-order valence-electron chi connectivity index (χ0n) is 13.2. The monoisotopic (exact) mass is 337 g/mol. The first-order valence-electron chi connectivity index (χ1n) is 7.54. The largest absolute Gasteiger partial charge is 0.348 e. The average Bonchev–Trinajstić information content (AvgIpc) is 2.99. The SMILES string of the molecule is C#Cc1ccc(C(C)NC(=O)Cn2cnc3cccc(Cl)c32)cc1. The van der Waals surface area contributed by atoms with Crippen LogP contribution in [0.1, 0.15) is 24.1 Å². The van der Waals surface area contributed by atoms with Crippen LogP contribution in [-0.2, 0) is 11.3 Å². The summed E-state index contributed by atoms with van der Waals surface area (Å²) < 4.78 is 1.75. The Balaban J connectivity index is 1.71. The van der Waals surface area contributed by atoms with E-state index in [4.69, 9.17) is 18.0 Å². The van der Waals surface area contributed by atoms with Gasteiger partial charge in [-0.15, -0.1) is 6.42 Å². The third-order valence-corrected chi connectivity index (χ3v) is 4.16. The Morgan fingerprint density at radius 2 is 2.08 bits per heavy atom. The van der Waals surface area contributed by atoms with Gasteiger partial charge in [0.15, 0.2) is 0 Å². The average molecular weight is 338 g/mol. The molecule has 0 aliphatic carbocycles. The second kappa shape index (κ2) is 6.77. The molecule has 5 heteroatoms. The van der Waals surface area contributed by atoms with Crippen LogP contribution in [0.5, 0.6) is 0 Å². The minimum Gasteiger partial charge on any atom is -0.348 e. The van der Waals surface area contributed by atoms with Crippen LogP contribution < -0.4 is 5.32 Å². The molecule has 0 radical (unpaired) electrons. The number of fused-ring (bicyclic) bond motifs is 1. The zero-order chi connectivity index (χ0) is 17.1. The molecule has 120 valence electrons. The molecule has 24 heavy (non-hydrogen) atoms. The van der Waals surface area contributed by atoms with Crippen molar-refractivity contribution in [2.45, 2.75) is 19.5 Å². The summed E-state index contributed by atoms with van der Waals surface area (Å²) in [4.78, 5) is 16.6. The molecule has 0 saturated heterocycles. The van der Waals surface area contributed by atoms with E-state index >= 15 is 0 Å². The van der Waals surface area contributed by atoms with Crippen LogP contribution in [0.25, 0.3) is 11.0 Å². The van der Waals surface area contributed by atoms with Gasteiger partial charge < -0.3 is 9.88 Å². The molecule has 1 amide bonds. The number of aromatic nitrogens is 2. The van der Waals surface area contributed by atoms with E-state index in [0.717, 1.165) is 22.2 Å². The van der Waals surface area contributed by atoms with Gasteiger partial charge in [0, 0.05) is 5.56 Å². The van der Waals surface area contributed by atoms with Gasteiger partial charge in [-0.25, -0.2) is 4.98 Å². The number of hydrogen-bond donors (Lipinski definition) is 1. The van der Waals surface area contributed by atoms with Crippen LogP contribution in [-0.4, -0.2) is 15.5 Å². The summed E-state index contributed by atoms with van der Waals surface area (Å²) in [5.41, 5.74) is 3.35. The Labute approximate surface area is 145 Å². The fraction of sp³-hybridized carbons (Fsp3) is 0.158. The van der Waals surface area contributed by atoms with Crippen LogP contribution >= 0.6 is 11.6 Å². The topological polar surface area (TPSA) is 46.9 Å². The van der Waals surface area contributed by atoms with Crippen molar-refractivity contribution in [2.75, 3.05) is 0 Å². The predicted octanol–water partition coefficient (Wildman–Crippen LogP) is 3.55. The summed E-state index contributed by atoms with van der Waals surface area (Å²) in [7, 11) is 0. The van der Waals surface area contributed by atoms with Gasteiger partial charge in [0.25, 0.3) is 0 Å². The lowest BCUT2D eigenvalue weighted by Gasteiger charge is -2.15. The lowest BCUT2D eigenvalue weighted by Crippen LogP contribution is -2.29. The number of hydrogen-bond acceptors (Lipinski definition) is 2. The van der Waals surface area contributed by atoms with Gasteiger partial charge in [-0.05, 0) is 36.8 Å². The highest BCUT2D eigenvalue weighted by molar-refractivity contribution is 6.35. The van der Waals surface area contributed by atoms with E-state index in [1.54, 1.807) is 17.0 Å². The van der Waals surface area contributed by atoms with E-state index in [1.807, 2.05) is 43.3 Å². The summed E-state index contributed by atoms with van der Waals surface area (Å²) >= 11 is 6.21. The van der Waals surface area contributed by atoms with Crippen molar-refractivity contribution in [1.82, 2.24) is 14.9 Å². The number of imidazole rings is 1. The first-order chi connectivity index (χ1) is 11.6. The lowest BCUT2D eigenvalue weighted by atomic mass is 10.1. The number of carbonyl (C=O) groups is 1. The summed E-state index contributed by atoms with van der Waals surface area (Å²) in [5, 5.41) is 3.55. The van der Waals surface area contributed by atoms with Crippen molar-refractivity contribution in [2.24, 2.45) is 0 Å². The summed E-state index contributed by atoms with van der Waals surface area (Å²) in [6.07, 6.45) is 6.98. The van der Waals surface area contributed by atoms with E-state index in [9.17, 15) is 4.79 Å². The number of rotatable bonds is 4. The second-order valence-electron chi connectivity index (χ2n) is 5.54. The van der Waals surface area contributed by atoms with Crippen molar-refractivity contribution < 1.29 is 4.79 Å². The van der Waals surface area contributed by atoms with Crippen LogP contribution in [0.3, 0.4) is 0 Å². The summed E-state index contributed by atoms with van der Waals surface area (Å²) in [5.74, 6) is 2.47. The van der Waals surface area contributed by atoms with E-state index in [1.165, 1.54) is 0 Å². The Morgan fingerprint density at radius 3 is 2.79 bits per heavy atom. The van der Waals surface area contributed by atoms with Gasteiger partial charge in [0.05, 0.1) is 28.4 Å². The normalized spacial score (nSPS) is 11.9. The Kier molecular flexibility index (Phi) is 4.54. The fourth-order valence-electron chi connectivity index (χ4n) is 2.60. The minimum atomic E-state index is -0.116. The van der Waals surface area contributed by atoms with E-state index in [0.29, 0.717) is 5.02 Å². The third kappa shape index (κ3) is 3.27. The molecule has 1 N–H and O–H groups in total. The van der Waals surface area contributed by atoms with Crippen LogP contribution in [0.15, 0.2) is 48.8 Å². The fourth-order valence-corrected chi connectivity index (χ4v) is 2.87. The number of halogens is 1. The predicted molar refractivity (Wildman–Crippen MR) is 95.7 cm³/mol. The minimum absolute atomic E-state index is 0.109. The maximum absolute atomic E-state index is 12.3. The van der Waals surface area contributed by atoms with Gasteiger partial charge in [0.1, 0.15) is 6.54 Å². The Hall–Kier alpha value is -2.77. The van der Waals surface area contributed by atoms with E-state index in [-0.39, 0.29) is 18.5 Å². The van der Waals surface area contributed by atoms with Gasteiger partial charge in [-0.2, -0.15) is 0 Å². The number of terminal acetylenes is 1. The van der Waals surface area contributed by atoms with Crippen molar-refractivity contribution >= 4 is 28.5 Å². The highest BCUT2D eigenvalue weighted by Gasteiger charge is 2.13. The molecule has 1 atom stereocenters. The summed E-state index contributed by atoms with van der Waals surface area (Å²) in [6.45, 7) is 2.09. The molecule has 0 fully saturated rings. The highest BCUT2D eigenvalue weighted by Crippen LogP contribution is 2.22. The molecule has 1 unspecified atom stereocenters. The molecule has 0 bridgehead atoms. The molecule has 2 aromatic carbocycles. The Bertz CT molecular complexity index is 922. The van der Waals surface area contributed by atoms with Gasteiger partial charge in [-0.3, -0.25) is 4.79 Å². The molecule has 4 nitrogen and oxygen atoms in total. The van der Waals surface area contributed by atoms with Crippen LogP contribution in [0.2, 0.25) is 5.02 Å². The zero-order valence-corrected chi connectivity index (χ0v) is 13.9. The molecular weight excluding hydrogens is 322 g/mol. The van der Waals surface area contributed by atoms with Gasteiger partial charge in [-0.1, -0.05) is 35.7 Å². The second-order valence-corrected chi connectivity index (χ2v) is 5.94. The summed E-state index contributed by atoms with van der Waals surface area (Å²) in [6, 6.07) is 12.9. The number of nitrogens with zero attached hydrogens (tertiary/aromatic N) is 2. The molecule has 1 aromatic heterocycles. The molecule has 3 rings (SSSR count). The first kappa shape index (κ1) is 16.1. The molecule has 0 saturated carbocycles. The number of carbonyl (C=O) groups excluding carboxylic acids is 1. The first-order valence-corrected chi connectivity index (χ1v) is 7.91. The van der Waals surface area contributed by atoms with Crippen molar-refractivity contribution in [3.8, 4) is 12.3 Å². The number of nitrogens with one attached hydrogen (secondary N) is 1. The lowest BCUT2D eigenvalue weighted by molar-refractivity contribution is -0.122. The number of benzene rings is 2. The third-order valence-electron chi connectivity index (χ3n) is 3.86. The highest BCUT2D eigenvalue weighted by atomic mass is 35.5. The van der Waals surface area contributed by atoms with Gasteiger partial charge in [0.2, 0.25) is 5.91 Å². The van der Waals surface area contributed by atoms with Crippen molar-refractivity contribution in [3.63, 3.8) is 0 Å². The van der Waals surface area contributed by atoms with E-state index < -0.39 is 0 Å². The van der Waals surface area contributed by atoms with E-state index in [2.05, 4.69) is 16.2 Å². The van der Waals surface area contributed by atoms with Crippen molar-refractivity contribution in [3.05, 3.63) is 64.9 Å². The standard InChI is InChI=1S/C19H16ClN3O/c1-3-14-7-9-15(10-8-14)13(2)22-18(24)11-23-12-21-17-6-4-5-16(20)19(17)23/h1,4-10,12-13H,11H2,2H3,(H,22,24). The number of para-hydroxylation sites is 1. The molecule has 0 spiro atoms. The maximum Gasteiger partial charge on any atom is 0.240 e.